The molecule has 0 aliphatic heterocycles. The number of hydrogen-bond acceptors (Lipinski definition) is 7. The molecule has 0 amide bonds. The molecule has 0 spiro atoms. The Labute approximate surface area is 212 Å². The van der Waals surface area contributed by atoms with E-state index in [9.17, 15) is 58.0 Å². The minimum Gasteiger partial charge on any atom is -0.297 e. The summed E-state index contributed by atoms with van der Waals surface area (Å²) in [7, 11) is -9.27. The molecule has 1 saturated carbocycles. The van der Waals surface area contributed by atoms with Crippen molar-refractivity contribution in [3.05, 3.63) is 58.7 Å². The van der Waals surface area contributed by atoms with Crippen LogP contribution in [0.2, 0.25) is 0 Å². The maximum atomic E-state index is 13.9. The van der Waals surface area contributed by atoms with Gasteiger partial charge in [0.05, 0.1) is 27.0 Å². The molecule has 1 unspecified atom stereocenters. The van der Waals surface area contributed by atoms with Crippen LogP contribution in [0.5, 0.6) is 0 Å². The number of carbonyl (C=O) groups is 2. The molecule has 7 nitrogen and oxygen atoms in total. The SMILES string of the molecule is CS(=O)(=O)c1cc(C(F)(F)F)ccc1C(=O)C(C#N)(C(=O)C1CC1)c1ccc(C(F)(F)F)cc1S(C)(=O)=O. The van der Waals surface area contributed by atoms with Gasteiger partial charge in [-0.2, -0.15) is 31.6 Å². The largest absolute Gasteiger partial charge is 0.416 e. The van der Waals surface area contributed by atoms with E-state index in [1.165, 1.54) is 6.07 Å². The molecular formula is C23H17F6NO6S2. The molecule has 204 valence electrons. The average Bonchev–Trinajstić information content (AvgIpc) is 3.62. The topological polar surface area (TPSA) is 126 Å². The summed E-state index contributed by atoms with van der Waals surface area (Å²) < 4.78 is 130. The van der Waals surface area contributed by atoms with E-state index >= 15 is 0 Å². The van der Waals surface area contributed by atoms with Crippen LogP contribution in [0.3, 0.4) is 0 Å². The van der Waals surface area contributed by atoms with Crippen LogP contribution in [-0.2, 0) is 42.2 Å². The summed E-state index contributed by atoms with van der Waals surface area (Å²) in [5.74, 6) is -3.89. The first-order chi connectivity index (χ1) is 17.2. The zero-order valence-corrected chi connectivity index (χ0v) is 21.1. The number of rotatable bonds is 7. The van der Waals surface area contributed by atoms with Crippen LogP contribution in [0, 0.1) is 17.2 Å². The molecule has 0 radical (unpaired) electrons. The van der Waals surface area contributed by atoms with Gasteiger partial charge in [-0.3, -0.25) is 9.59 Å². The van der Waals surface area contributed by atoms with Crippen LogP contribution in [0.15, 0.2) is 46.2 Å². The molecule has 1 atom stereocenters. The highest BCUT2D eigenvalue weighted by Crippen LogP contribution is 2.45. The van der Waals surface area contributed by atoms with E-state index in [0.29, 0.717) is 36.8 Å². The third kappa shape index (κ3) is 5.32. The van der Waals surface area contributed by atoms with Crippen LogP contribution in [0.1, 0.15) is 39.9 Å². The number of nitriles is 1. The Hall–Kier alpha value is -3.25. The number of ketones is 2. The molecular weight excluding hydrogens is 564 g/mol. The highest BCUT2D eigenvalue weighted by atomic mass is 32.2. The second-order valence-electron chi connectivity index (χ2n) is 8.79. The standard InChI is InChI=1S/C23H17F6NO6S2/c1-37(33,34)17-9-13(22(24,25)26)5-7-15(17)20(32)21(11-30,19(31)12-3-4-12)16-8-6-14(23(27,28)29)10-18(16)38(2,35)36/h5-10,12H,3-4H2,1-2H3. The van der Waals surface area contributed by atoms with Crippen molar-refractivity contribution in [2.75, 3.05) is 12.5 Å². The summed E-state index contributed by atoms with van der Waals surface area (Å²) in [6.07, 6.45) is -8.90. The number of hydrogen-bond donors (Lipinski definition) is 0. The molecule has 1 aliphatic carbocycles. The van der Waals surface area contributed by atoms with Crippen LogP contribution < -0.4 is 0 Å². The Morgan fingerprint density at radius 2 is 1.26 bits per heavy atom. The fourth-order valence-corrected chi connectivity index (χ4v) is 5.76. The summed E-state index contributed by atoms with van der Waals surface area (Å²) in [4.78, 5) is 24.9. The van der Waals surface area contributed by atoms with E-state index in [-0.39, 0.29) is 25.0 Å². The number of benzene rings is 2. The second kappa shape index (κ2) is 9.19. The highest BCUT2D eigenvalue weighted by Gasteiger charge is 2.56. The first kappa shape index (κ1) is 29.3. The van der Waals surface area contributed by atoms with Gasteiger partial charge in [-0.05, 0) is 43.2 Å². The summed E-state index contributed by atoms with van der Waals surface area (Å²) in [6, 6.07) is 3.20. The summed E-state index contributed by atoms with van der Waals surface area (Å²) >= 11 is 0. The number of sulfone groups is 2. The zero-order chi connectivity index (χ0) is 29.1. The van der Waals surface area contributed by atoms with Gasteiger partial charge in [-0.25, -0.2) is 16.8 Å². The molecule has 1 fully saturated rings. The molecule has 2 aromatic carbocycles. The molecule has 3 rings (SSSR count). The van der Waals surface area contributed by atoms with Gasteiger partial charge < -0.3 is 0 Å². The molecule has 0 saturated heterocycles. The third-order valence-corrected chi connectivity index (χ3v) is 8.16. The van der Waals surface area contributed by atoms with Crippen molar-refractivity contribution in [2.24, 2.45) is 5.92 Å². The predicted octanol–water partition coefficient (Wildman–Crippen LogP) is 4.15. The van der Waals surface area contributed by atoms with Crippen molar-refractivity contribution >= 4 is 31.2 Å². The normalized spacial score (nSPS) is 16.4. The maximum Gasteiger partial charge on any atom is 0.416 e. The van der Waals surface area contributed by atoms with E-state index in [1.807, 2.05) is 0 Å². The molecule has 0 N–H and O–H groups in total. The molecule has 2 aromatic rings. The van der Waals surface area contributed by atoms with E-state index in [4.69, 9.17) is 0 Å². The second-order valence-corrected chi connectivity index (χ2v) is 12.8. The van der Waals surface area contributed by atoms with Gasteiger partial charge in [0.2, 0.25) is 5.41 Å². The smallest absolute Gasteiger partial charge is 0.297 e. The minimum absolute atomic E-state index is 0.122. The average molecular weight is 582 g/mol. The van der Waals surface area contributed by atoms with E-state index in [1.54, 1.807) is 0 Å². The Morgan fingerprint density at radius 3 is 1.66 bits per heavy atom. The van der Waals surface area contributed by atoms with Crippen LogP contribution >= 0.6 is 0 Å². The summed E-state index contributed by atoms with van der Waals surface area (Å²) in [5, 5.41) is 10.2. The lowest BCUT2D eigenvalue weighted by Gasteiger charge is -2.28. The Balaban J connectivity index is 2.46. The van der Waals surface area contributed by atoms with E-state index < -0.39 is 87.0 Å². The molecule has 15 heteroatoms. The summed E-state index contributed by atoms with van der Waals surface area (Å²) in [5.41, 5.74) is -8.13. The third-order valence-electron chi connectivity index (χ3n) is 5.89. The van der Waals surface area contributed by atoms with Gasteiger partial charge in [-0.1, -0.05) is 6.07 Å². The van der Waals surface area contributed by atoms with Crippen molar-refractivity contribution in [2.45, 2.75) is 40.4 Å². The first-order valence-electron chi connectivity index (χ1n) is 10.5. The van der Waals surface area contributed by atoms with Gasteiger partial charge >= 0.3 is 12.4 Å². The highest BCUT2D eigenvalue weighted by molar-refractivity contribution is 7.91. The number of Topliss-reactive ketones (excluding diaryl/α,β-unsaturated/α-hetero) is 2. The van der Waals surface area contributed by atoms with Gasteiger partial charge in [0, 0.05) is 29.6 Å². The number of carbonyl (C=O) groups excluding carboxylic acids is 2. The maximum absolute atomic E-state index is 13.9. The van der Waals surface area contributed by atoms with Crippen molar-refractivity contribution < 1.29 is 52.8 Å². The van der Waals surface area contributed by atoms with Crippen LogP contribution in [0.4, 0.5) is 26.3 Å². The lowest BCUT2D eigenvalue weighted by molar-refractivity contribution is -0.138. The minimum atomic E-state index is -5.06. The Kier molecular flexibility index (Phi) is 7.09. The number of halogens is 6. The molecule has 0 bridgehead atoms. The first-order valence-corrected chi connectivity index (χ1v) is 14.3. The van der Waals surface area contributed by atoms with Gasteiger partial charge in [0.1, 0.15) is 0 Å². The quantitative estimate of drug-likeness (QED) is 0.273. The Bertz CT molecular complexity index is 1600. The van der Waals surface area contributed by atoms with Gasteiger partial charge in [0.15, 0.2) is 31.2 Å². The fourth-order valence-electron chi connectivity index (χ4n) is 3.90. The van der Waals surface area contributed by atoms with Crippen molar-refractivity contribution in [1.82, 2.24) is 0 Å². The van der Waals surface area contributed by atoms with Crippen LogP contribution in [0.25, 0.3) is 0 Å². The predicted molar refractivity (Wildman–Crippen MR) is 118 cm³/mol. The van der Waals surface area contributed by atoms with Crippen LogP contribution in [-0.4, -0.2) is 40.9 Å². The number of nitrogens with zero attached hydrogens (tertiary/aromatic N) is 1. The molecule has 1 aliphatic rings. The summed E-state index contributed by atoms with van der Waals surface area (Å²) in [6.45, 7) is 0. The Morgan fingerprint density at radius 1 is 0.816 bits per heavy atom. The van der Waals surface area contributed by atoms with E-state index in [2.05, 4.69) is 0 Å². The van der Waals surface area contributed by atoms with Gasteiger partial charge in [0.25, 0.3) is 0 Å². The lowest BCUT2D eigenvalue weighted by atomic mass is 9.70. The fraction of sp³-hybridized carbons (Fsp3) is 0.348. The van der Waals surface area contributed by atoms with Gasteiger partial charge in [-0.15, -0.1) is 0 Å². The van der Waals surface area contributed by atoms with Crippen molar-refractivity contribution in [3.63, 3.8) is 0 Å². The lowest BCUT2D eigenvalue weighted by Crippen LogP contribution is -2.45. The zero-order valence-electron chi connectivity index (χ0n) is 19.4. The van der Waals surface area contributed by atoms with E-state index in [0.717, 1.165) is 0 Å². The van der Waals surface area contributed by atoms with Crippen molar-refractivity contribution in [3.8, 4) is 6.07 Å². The number of alkyl halides is 6. The molecule has 0 heterocycles. The van der Waals surface area contributed by atoms with Crippen molar-refractivity contribution in [1.29, 1.82) is 5.26 Å². The molecule has 38 heavy (non-hydrogen) atoms. The monoisotopic (exact) mass is 581 g/mol. The molecule has 0 aromatic heterocycles.